The molecule has 3 nitrogen and oxygen atoms in total. The maximum Gasteiger partial charge on any atom is 0.193 e. The van der Waals surface area contributed by atoms with Gasteiger partial charge in [0.1, 0.15) is 4.33 Å². The second-order valence-electron chi connectivity index (χ2n) is 10.2. The van der Waals surface area contributed by atoms with Crippen LogP contribution in [0.1, 0.15) is 54.2 Å². The summed E-state index contributed by atoms with van der Waals surface area (Å²) < 4.78 is -0.875. The molecule has 0 amide bonds. The maximum atomic E-state index is 12.1. The topological polar surface area (TPSA) is 51.2 Å². The normalized spacial score (nSPS) is 12.7. The zero-order valence-corrected chi connectivity index (χ0v) is 26.3. The Morgan fingerprint density at radius 3 is 1.29 bits per heavy atom. The van der Waals surface area contributed by atoms with Crippen LogP contribution in [0.5, 0.6) is 0 Å². The monoisotopic (exact) mass is 630 g/mol. The molecule has 5 heteroatoms. The number of aryl methyl sites for hydroxylation is 1. The van der Waals surface area contributed by atoms with Crippen molar-refractivity contribution in [2.24, 2.45) is 0 Å². The molecule has 0 bridgehead atoms. The van der Waals surface area contributed by atoms with E-state index in [0.717, 1.165) is 27.8 Å². The number of ketones is 3. The van der Waals surface area contributed by atoms with E-state index in [4.69, 9.17) is 23.2 Å². The number of hydrogen-bond donors (Lipinski definition) is 0. The van der Waals surface area contributed by atoms with E-state index in [-0.39, 0.29) is 17.3 Å². The summed E-state index contributed by atoms with van der Waals surface area (Å²) in [5.41, 5.74) is 5.33. The summed E-state index contributed by atoms with van der Waals surface area (Å²) >= 11 is 11.8. The lowest BCUT2D eigenvalue weighted by molar-refractivity contribution is 0.103. The molecule has 0 N–H and O–H groups in total. The molecule has 5 aromatic carbocycles. The van der Waals surface area contributed by atoms with Gasteiger partial charge in [0.05, 0.1) is 0 Å². The lowest BCUT2D eigenvalue weighted by Gasteiger charge is -2.17. The molecule has 1 aliphatic carbocycles. The lowest BCUT2D eigenvalue weighted by Crippen LogP contribution is -2.13. The van der Waals surface area contributed by atoms with Crippen LogP contribution in [0.15, 0.2) is 169 Å². The van der Waals surface area contributed by atoms with E-state index in [2.05, 4.69) is 0 Å². The molecule has 6 rings (SSSR count). The van der Waals surface area contributed by atoms with Gasteiger partial charge in [-0.1, -0.05) is 181 Å². The van der Waals surface area contributed by atoms with Gasteiger partial charge in [0.15, 0.2) is 17.3 Å². The third-order valence-corrected chi connectivity index (χ3v) is 7.46. The Kier molecular flexibility index (Phi) is 12.0. The Morgan fingerprint density at radius 1 is 0.511 bits per heavy atom. The van der Waals surface area contributed by atoms with Gasteiger partial charge in [0.2, 0.25) is 0 Å². The van der Waals surface area contributed by atoms with Crippen LogP contribution in [-0.4, -0.2) is 21.7 Å². The molecule has 0 radical (unpaired) electrons. The first-order chi connectivity index (χ1) is 21.7. The summed E-state index contributed by atoms with van der Waals surface area (Å²) in [6, 6.07) is 44.8. The Bertz CT molecular complexity index is 1740. The predicted molar refractivity (Wildman–Crippen MR) is 184 cm³/mol. The van der Waals surface area contributed by atoms with Gasteiger partial charge in [-0.25, -0.2) is 0 Å². The largest absolute Gasteiger partial charge is 0.289 e. The maximum absolute atomic E-state index is 12.1. The fourth-order valence-electron chi connectivity index (χ4n) is 4.44. The number of benzene rings is 5. The molecule has 224 valence electrons. The van der Waals surface area contributed by atoms with Crippen molar-refractivity contribution in [2.75, 3.05) is 0 Å². The van der Waals surface area contributed by atoms with Crippen LogP contribution in [0.25, 0.3) is 0 Å². The fraction of sp³-hybridized carbons (Fsp3) is 0.0750. The number of carbonyl (C=O) groups excluding carboxylic acids is 3. The first-order valence-corrected chi connectivity index (χ1v) is 15.2. The van der Waals surface area contributed by atoms with Crippen LogP contribution < -0.4 is 0 Å². The molecule has 0 heterocycles. The molecule has 0 saturated carbocycles. The second kappa shape index (κ2) is 16.3. The summed E-state index contributed by atoms with van der Waals surface area (Å²) in [6.45, 7) is 1.95. The number of Topliss-reactive ketones (excluding diaryl/α,β-unsaturated/α-hetero) is 1. The molecular formula is C40H32Cl2O3. The molecule has 0 atom stereocenters. The molecular weight excluding hydrogens is 599 g/mol. The third-order valence-electron chi connectivity index (χ3n) is 6.90. The molecule has 0 saturated heterocycles. The van der Waals surface area contributed by atoms with Crippen molar-refractivity contribution in [1.29, 1.82) is 0 Å². The second-order valence-corrected chi connectivity index (χ2v) is 11.8. The van der Waals surface area contributed by atoms with E-state index in [9.17, 15) is 14.4 Å². The average Bonchev–Trinajstić information content (AvgIpc) is 3.10. The minimum absolute atomic E-state index is 0.000633. The van der Waals surface area contributed by atoms with Crippen molar-refractivity contribution >= 4 is 40.6 Å². The van der Waals surface area contributed by atoms with Crippen molar-refractivity contribution in [3.63, 3.8) is 0 Å². The van der Waals surface area contributed by atoms with Crippen LogP contribution in [-0.2, 0) is 0 Å². The number of carbonyl (C=O) groups is 3. The number of rotatable bonds is 6. The zero-order valence-electron chi connectivity index (χ0n) is 24.8. The van der Waals surface area contributed by atoms with Gasteiger partial charge in [-0.2, -0.15) is 0 Å². The van der Waals surface area contributed by atoms with Gasteiger partial charge in [-0.05, 0) is 18.6 Å². The molecule has 0 aliphatic heterocycles. The van der Waals surface area contributed by atoms with Crippen molar-refractivity contribution in [2.45, 2.75) is 17.7 Å². The molecule has 0 unspecified atom stereocenters. The molecule has 0 fully saturated rings. The SMILES string of the molecule is Cc1ccccc1C(=O)c1ccccc1.O=C(C1=CCC(Cl)(Cl)C=C1)c1ccccc1.O=C(c1ccccc1)c1ccccc1. The highest BCUT2D eigenvalue weighted by Gasteiger charge is 2.23. The average molecular weight is 632 g/mol. The highest BCUT2D eigenvalue weighted by molar-refractivity contribution is 6.50. The van der Waals surface area contributed by atoms with Gasteiger partial charge in [-0.3, -0.25) is 14.4 Å². The summed E-state index contributed by atoms with van der Waals surface area (Å²) in [5.74, 6) is 0.167. The number of hydrogen-bond acceptors (Lipinski definition) is 3. The third kappa shape index (κ3) is 9.84. The van der Waals surface area contributed by atoms with E-state index in [0.29, 0.717) is 17.6 Å². The van der Waals surface area contributed by atoms with Crippen molar-refractivity contribution in [1.82, 2.24) is 0 Å². The summed E-state index contributed by atoms with van der Waals surface area (Å²) in [4.78, 5) is 35.9. The van der Waals surface area contributed by atoms with E-state index >= 15 is 0 Å². The first-order valence-electron chi connectivity index (χ1n) is 14.4. The minimum atomic E-state index is -0.875. The first kappa shape index (κ1) is 33.1. The van der Waals surface area contributed by atoms with Gasteiger partial charge >= 0.3 is 0 Å². The Labute approximate surface area is 274 Å². The van der Waals surface area contributed by atoms with E-state index in [1.807, 2.05) is 140 Å². The van der Waals surface area contributed by atoms with Crippen LogP contribution in [0, 0.1) is 6.92 Å². The molecule has 45 heavy (non-hydrogen) atoms. The van der Waals surface area contributed by atoms with Crippen molar-refractivity contribution in [3.8, 4) is 0 Å². The Morgan fingerprint density at radius 2 is 0.889 bits per heavy atom. The summed E-state index contributed by atoms with van der Waals surface area (Å²) in [7, 11) is 0. The summed E-state index contributed by atoms with van der Waals surface area (Å²) in [5, 5.41) is 0. The van der Waals surface area contributed by atoms with Gasteiger partial charge in [-0.15, -0.1) is 0 Å². The number of alkyl halides is 2. The van der Waals surface area contributed by atoms with Crippen LogP contribution >= 0.6 is 23.2 Å². The zero-order chi connectivity index (χ0) is 32.1. The number of halogens is 2. The van der Waals surface area contributed by atoms with Crippen molar-refractivity contribution < 1.29 is 14.4 Å². The van der Waals surface area contributed by atoms with E-state index < -0.39 is 4.33 Å². The highest BCUT2D eigenvalue weighted by Crippen LogP contribution is 2.32. The summed E-state index contributed by atoms with van der Waals surface area (Å²) in [6.07, 6.45) is 5.56. The smallest absolute Gasteiger partial charge is 0.193 e. The highest BCUT2D eigenvalue weighted by atomic mass is 35.5. The molecule has 1 aliphatic rings. The Hall–Kier alpha value is -4.83. The van der Waals surface area contributed by atoms with Crippen LogP contribution in [0.2, 0.25) is 0 Å². The molecule has 0 aromatic heterocycles. The Balaban J connectivity index is 0.000000154. The van der Waals surface area contributed by atoms with Crippen LogP contribution in [0.3, 0.4) is 0 Å². The standard InChI is InChI=1S/C14H12O.C13H10Cl2O.C13H10O/c1-11-7-5-6-10-13(11)14(15)12-8-3-2-4-9-12;14-13(15)8-6-11(7-9-13)12(16)10-4-2-1-3-5-10;14-13(11-7-3-1-4-8-11)12-9-5-2-6-10-12/h2-10H,1H3;1-8H,9H2;1-10H. The van der Waals surface area contributed by atoms with E-state index in [1.54, 1.807) is 30.4 Å². The quantitative estimate of drug-likeness (QED) is 0.138. The van der Waals surface area contributed by atoms with Crippen molar-refractivity contribution in [3.05, 3.63) is 203 Å². The van der Waals surface area contributed by atoms with E-state index in [1.165, 1.54) is 0 Å². The van der Waals surface area contributed by atoms with Crippen LogP contribution in [0.4, 0.5) is 0 Å². The minimum Gasteiger partial charge on any atom is -0.289 e. The number of allylic oxidation sites excluding steroid dienone is 4. The van der Waals surface area contributed by atoms with Gasteiger partial charge in [0, 0.05) is 39.8 Å². The molecule has 5 aromatic rings. The fourth-order valence-corrected chi connectivity index (χ4v) is 4.72. The predicted octanol–water partition coefficient (Wildman–Crippen LogP) is 10.1. The lowest BCUT2D eigenvalue weighted by atomic mass is 9.98. The molecule has 0 spiro atoms. The van der Waals surface area contributed by atoms with Gasteiger partial charge in [0.25, 0.3) is 0 Å². The van der Waals surface area contributed by atoms with Gasteiger partial charge < -0.3 is 0 Å².